The zero-order chi connectivity index (χ0) is 14.6. The van der Waals surface area contributed by atoms with Gasteiger partial charge in [-0.15, -0.1) is 0 Å². The van der Waals surface area contributed by atoms with Crippen molar-refractivity contribution in [2.75, 3.05) is 18.0 Å². The summed E-state index contributed by atoms with van der Waals surface area (Å²) in [5, 5.41) is 0. The van der Waals surface area contributed by atoms with Crippen LogP contribution < -0.4 is 10.6 Å². The molecule has 0 spiro atoms. The SMILES string of the molecule is CCC(CC)(CN)C(=O)N1CCCCc2ccccc21. The van der Waals surface area contributed by atoms with Crippen molar-refractivity contribution in [1.82, 2.24) is 0 Å². The highest BCUT2D eigenvalue weighted by Crippen LogP contribution is 2.33. The molecule has 2 N–H and O–H groups in total. The molecule has 3 heteroatoms. The number of nitrogens with zero attached hydrogens (tertiary/aromatic N) is 1. The molecule has 0 aliphatic carbocycles. The average molecular weight is 274 g/mol. The molecule has 0 unspecified atom stereocenters. The number of anilines is 1. The highest BCUT2D eigenvalue weighted by atomic mass is 16.2. The van der Waals surface area contributed by atoms with Gasteiger partial charge in [0, 0.05) is 18.8 Å². The van der Waals surface area contributed by atoms with Crippen LogP contribution in [-0.2, 0) is 11.2 Å². The van der Waals surface area contributed by atoms with Gasteiger partial charge >= 0.3 is 0 Å². The van der Waals surface area contributed by atoms with E-state index in [1.54, 1.807) is 0 Å². The van der Waals surface area contributed by atoms with E-state index in [4.69, 9.17) is 5.73 Å². The summed E-state index contributed by atoms with van der Waals surface area (Å²) in [5.74, 6) is 0.208. The molecular weight excluding hydrogens is 248 g/mol. The second-order valence-electron chi connectivity index (χ2n) is 5.73. The molecule has 0 aromatic heterocycles. The van der Waals surface area contributed by atoms with Crippen molar-refractivity contribution >= 4 is 11.6 Å². The first kappa shape index (κ1) is 15.0. The zero-order valence-electron chi connectivity index (χ0n) is 12.7. The van der Waals surface area contributed by atoms with Crippen molar-refractivity contribution in [3.05, 3.63) is 29.8 Å². The number of hydrogen-bond donors (Lipinski definition) is 1. The summed E-state index contributed by atoms with van der Waals surface area (Å²) in [6, 6.07) is 8.29. The molecular formula is C17H26N2O. The molecule has 0 radical (unpaired) electrons. The molecule has 20 heavy (non-hydrogen) atoms. The van der Waals surface area contributed by atoms with Crippen molar-refractivity contribution in [2.24, 2.45) is 11.1 Å². The first-order chi connectivity index (χ1) is 9.68. The highest BCUT2D eigenvalue weighted by Gasteiger charge is 2.38. The summed E-state index contributed by atoms with van der Waals surface area (Å²) in [6.07, 6.45) is 4.88. The van der Waals surface area contributed by atoms with Crippen molar-refractivity contribution < 1.29 is 4.79 Å². The predicted octanol–water partition coefficient (Wildman–Crippen LogP) is 3.12. The minimum Gasteiger partial charge on any atom is -0.329 e. The smallest absolute Gasteiger partial charge is 0.234 e. The molecule has 1 heterocycles. The van der Waals surface area contributed by atoms with Gasteiger partial charge in [-0.2, -0.15) is 0 Å². The van der Waals surface area contributed by atoms with E-state index in [0.717, 1.165) is 44.3 Å². The van der Waals surface area contributed by atoms with E-state index in [0.29, 0.717) is 6.54 Å². The van der Waals surface area contributed by atoms with E-state index >= 15 is 0 Å². The lowest BCUT2D eigenvalue weighted by atomic mass is 9.80. The molecule has 0 bridgehead atoms. The van der Waals surface area contributed by atoms with Crippen molar-refractivity contribution in [3.63, 3.8) is 0 Å². The molecule has 1 aliphatic heterocycles. The minimum absolute atomic E-state index is 0.208. The topological polar surface area (TPSA) is 46.3 Å². The summed E-state index contributed by atoms with van der Waals surface area (Å²) >= 11 is 0. The van der Waals surface area contributed by atoms with Crippen LogP contribution in [0.1, 0.15) is 45.1 Å². The van der Waals surface area contributed by atoms with E-state index < -0.39 is 5.41 Å². The lowest BCUT2D eigenvalue weighted by molar-refractivity contribution is -0.128. The maximum Gasteiger partial charge on any atom is 0.234 e. The van der Waals surface area contributed by atoms with Crippen LogP contribution in [-0.4, -0.2) is 19.0 Å². The van der Waals surface area contributed by atoms with E-state index in [-0.39, 0.29) is 5.91 Å². The van der Waals surface area contributed by atoms with Crippen LogP contribution >= 0.6 is 0 Å². The lowest BCUT2D eigenvalue weighted by Gasteiger charge is -2.35. The summed E-state index contributed by atoms with van der Waals surface area (Å²) < 4.78 is 0. The van der Waals surface area contributed by atoms with Gasteiger partial charge in [0.2, 0.25) is 5.91 Å². The maximum atomic E-state index is 13.1. The van der Waals surface area contributed by atoms with Crippen LogP contribution in [0.25, 0.3) is 0 Å². The van der Waals surface area contributed by atoms with Crippen LogP contribution in [0.2, 0.25) is 0 Å². The Labute approximate surface area is 122 Å². The van der Waals surface area contributed by atoms with Crippen LogP contribution in [0.4, 0.5) is 5.69 Å². The average Bonchev–Trinajstić information content (AvgIpc) is 2.71. The quantitative estimate of drug-likeness (QED) is 0.917. The summed E-state index contributed by atoms with van der Waals surface area (Å²) in [7, 11) is 0. The predicted molar refractivity (Wildman–Crippen MR) is 83.8 cm³/mol. The Morgan fingerprint density at radius 3 is 2.60 bits per heavy atom. The third-order valence-electron chi connectivity index (χ3n) is 4.80. The number of rotatable bonds is 4. The standard InChI is InChI=1S/C17H26N2O/c1-3-17(4-2,13-18)16(20)19-12-8-7-10-14-9-5-6-11-15(14)19/h5-6,9,11H,3-4,7-8,10,12-13,18H2,1-2H3. The Hall–Kier alpha value is -1.35. The van der Waals surface area contributed by atoms with Gasteiger partial charge in [-0.25, -0.2) is 0 Å². The van der Waals surface area contributed by atoms with E-state index in [1.165, 1.54) is 5.56 Å². The van der Waals surface area contributed by atoms with Crippen LogP contribution in [0.15, 0.2) is 24.3 Å². The van der Waals surface area contributed by atoms with Gasteiger partial charge in [0.15, 0.2) is 0 Å². The Morgan fingerprint density at radius 2 is 1.95 bits per heavy atom. The number of benzene rings is 1. The number of nitrogens with two attached hydrogens (primary N) is 1. The Bertz CT molecular complexity index is 458. The third-order valence-corrected chi connectivity index (χ3v) is 4.80. The van der Waals surface area contributed by atoms with Crippen LogP contribution in [0.5, 0.6) is 0 Å². The number of hydrogen-bond acceptors (Lipinski definition) is 2. The molecule has 1 aromatic rings. The molecule has 110 valence electrons. The fourth-order valence-corrected chi connectivity index (χ4v) is 3.12. The number of fused-ring (bicyclic) bond motifs is 1. The van der Waals surface area contributed by atoms with Crippen molar-refractivity contribution in [3.8, 4) is 0 Å². The Kier molecular flexibility index (Phi) is 4.81. The molecule has 0 fully saturated rings. The largest absolute Gasteiger partial charge is 0.329 e. The van der Waals surface area contributed by atoms with Crippen molar-refractivity contribution in [2.45, 2.75) is 46.0 Å². The van der Waals surface area contributed by atoms with E-state index in [1.807, 2.05) is 11.0 Å². The number of amides is 1. The normalized spacial score (nSPS) is 15.7. The molecule has 2 rings (SSSR count). The first-order valence-electron chi connectivity index (χ1n) is 7.78. The monoisotopic (exact) mass is 274 g/mol. The minimum atomic E-state index is -0.405. The summed E-state index contributed by atoms with van der Waals surface area (Å²) in [5.41, 5.74) is 7.92. The molecule has 3 nitrogen and oxygen atoms in total. The highest BCUT2D eigenvalue weighted by molar-refractivity contribution is 5.98. The third kappa shape index (κ3) is 2.59. The molecule has 1 amide bonds. The number of carbonyl (C=O) groups excluding carboxylic acids is 1. The molecule has 0 saturated carbocycles. The summed E-state index contributed by atoms with van der Waals surface area (Å²) in [6.45, 7) is 5.38. The van der Waals surface area contributed by atoms with Gasteiger partial charge in [0.1, 0.15) is 0 Å². The Morgan fingerprint density at radius 1 is 1.25 bits per heavy atom. The first-order valence-corrected chi connectivity index (χ1v) is 7.78. The van der Waals surface area contributed by atoms with Crippen LogP contribution in [0.3, 0.4) is 0 Å². The van der Waals surface area contributed by atoms with Crippen LogP contribution in [0, 0.1) is 5.41 Å². The van der Waals surface area contributed by atoms with Crippen molar-refractivity contribution in [1.29, 1.82) is 0 Å². The molecule has 1 aromatic carbocycles. The second kappa shape index (κ2) is 6.40. The molecule has 0 atom stereocenters. The maximum absolute atomic E-state index is 13.1. The summed E-state index contributed by atoms with van der Waals surface area (Å²) in [4.78, 5) is 15.1. The number of carbonyl (C=O) groups is 1. The van der Waals surface area contributed by atoms with Gasteiger partial charge < -0.3 is 10.6 Å². The van der Waals surface area contributed by atoms with Gasteiger partial charge in [0.25, 0.3) is 0 Å². The second-order valence-corrected chi connectivity index (χ2v) is 5.73. The lowest BCUT2D eigenvalue weighted by Crippen LogP contribution is -2.48. The van der Waals surface area contributed by atoms with Gasteiger partial charge in [-0.05, 0) is 43.7 Å². The van der Waals surface area contributed by atoms with E-state index in [2.05, 4.69) is 32.0 Å². The molecule has 1 aliphatic rings. The van der Waals surface area contributed by atoms with Gasteiger partial charge in [0.05, 0.1) is 5.41 Å². The number of para-hydroxylation sites is 1. The van der Waals surface area contributed by atoms with Gasteiger partial charge in [-0.3, -0.25) is 4.79 Å². The zero-order valence-corrected chi connectivity index (χ0v) is 12.7. The van der Waals surface area contributed by atoms with Gasteiger partial charge in [-0.1, -0.05) is 32.0 Å². The fourth-order valence-electron chi connectivity index (χ4n) is 3.12. The number of aryl methyl sites for hydroxylation is 1. The Balaban J connectivity index is 2.39. The molecule has 0 saturated heterocycles. The fraction of sp³-hybridized carbons (Fsp3) is 0.588. The van der Waals surface area contributed by atoms with E-state index in [9.17, 15) is 4.79 Å².